The van der Waals surface area contributed by atoms with Gasteiger partial charge in [0.2, 0.25) is 0 Å². The molecule has 1 amide bonds. The fraction of sp³-hybridized carbons (Fsp3) is 0.286. The largest absolute Gasteiger partial charge is 0.489 e. The standard InChI is InChI=1S/C21H25NO2/c1-5-7-16(3)21(23)22-20-11-10-19(13-17(20)4)24-14-18-9-6-8-15(2)12-18/h6-13H,5,14H2,1-4H3,(H,22,23). The van der Waals surface area contributed by atoms with Crippen LogP contribution in [-0.4, -0.2) is 5.91 Å². The summed E-state index contributed by atoms with van der Waals surface area (Å²) in [6.07, 6.45) is 2.77. The Balaban J connectivity index is 2.01. The second kappa shape index (κ2) is 8.34. The van der Waals surface area contributed by atoms with E-state index in [-0.39, 0.29) is 5.91 Å². The molecule has 0 spiro atoms. The first-order valence-corrected chi connectivity index (χ1v) is 8.26. The van der Waals surface area contributed by atoms with E-state index in [1.54, 1.807) is 0 Å². The lowest BCUT2D eigenvalue weighted by atomic mass is 10.1. The number of carbonyl (C=O) groups excluding carboxylic acids is 1. The Morgan fingerprint density at radius 3 is 2.62 bits per heavy atom. The number of nitrogens with one attached hydrogen (secondary N) is 1. The third-order valence-electron chi connectivity index (χ3n) is 3.80. The van der Waals surface area contributed by atoms with Crippen molar-refractivity contribution in [3.05, 3.63) is 70.8 Å². The van der Waals surface area contributed by atoms with Crippen LogP contribution in [0.2, 0.25) is 0 Å². The summed E-state index contributed by atoms with van der Waals surface area (Å²) >= 11 is 0. The van der Waals surface area contributed by atoms with E-state index < -0.39 is 0 Å². The Bertz CT molecular complexity index is 747. The molecule has 2 aromatic carbocycles. The number of anilines is 1. The van der Waals surface area contributed by atoms with E-state index in [2.05, 4.69) is 30.4 Å². The minimum Gasteiger partial charge on any atom is -0.489 e. The lowest BCUT2D eigenvalue weighted by Crippen LogP contribution is -2.13. The van der Waals surface area contributed by atoms with E-state index in [1.807, 2.05) is 51.1 Å². The minimum atomic E-state index is -0.0617. The van der Waals surface area contributed by atoms with Crippen LogP contribution >= 0.6 is 0 Å². The van der Waals surface area contributed by atoms with Crippen molar-refractivity contribution < 1.29 is 9.53 Å². The van der Waals surface area contributed by atoms with E-state index in [9.17, 15) is 4.79 Å². The molecule has 0 aliphatic heterocycles. The molecule has 0 aliphatic rings. The smallest absolute Gasteiger partial charge is 0.250 e. The van der Waals surface area contributed by atoms with Crippen LogP contribution in [0.1, 0.15) is 37.0 Å². The molecule has 0 heterocycles. The molecule has 1 N–H and O–H groups in total. The molecule has 0 aromatic heterocycles. The Kier molecular flexibility index (Phi) is 6.19. The van der Waals surface area contributed by atoms with Gasteiger partial charge in [-0.05, 0) is 56.5 Å². The molecule has 0 radical (unpaired) electrons. The number of hydrogen-bond donors (Lipinski definition) is 1. The van der Waals surface area contributed by atoms with Crippen LogP contribution in [0.4, 0.5) is 5.69 Å². The molecule has 0 saturated heterocycles. The first-order chi connectivity index (χ1) is 11.5. The highest BCUT2D eigenvalue weighted by Crippen LogP contribution is 2.23. The molecule has 0 bridgehead atoms. The van der Waals surface area contributed by atoms with Crippen LogP contribution in [0.15, 0.2) is 54.1 Å². The molecule has 24 heavy (non-hydrogen) atoms. The molecule has 2 aromatic rings. The van der Waals surface area contributed by atoms with E-state index in [1.165, 1.54) is 5.56 Å². The van der Waals surface area contributed by atoms with Crippen molar-refractivity contribution in [2.75, 3.05) is 5.32 Å². The highest BCUT2D eigenvalue weighted by atomic mass is 16.5. The second-order valence-corrected chi connectivity index (χ2v) is 6.00. The van der Waals surface area contributed by atoms with E-state index in [0.29, 0.717) is 6.61 Å². The first-order valence-electron chi connectivity index (χ1n) is 8.26. The molecule has 0 saturated carbocycles. The lowest BCUT2D eigenvalue weighted by Gasteiger charge is -2.12. The average molecular weight is 323 g/mol. The normalized spacial score (nSPS) is 11.2. The molecule has 2 rings (SSSR count). The third kappa shape index (κ3) is 4.98. The number of allylic oxidation sites excluding steroid dienone is 1. The molecule has 0 atom stereocenters. The first kappa shape index (κ1) is 17.8. The van der Waals surface area contributed by atoms with Gasteiger partial charge in [-0.25, -0.2) is 0 Å². The Morgan fingerprint density at radius 1 is 1.17 bits per heavy atom. The van der Waals surface area contributed by atoms with Gasteiger partial charge in [0, 0.05) is 11.3 Å². The Morgan fingerprint density at radius 2 is 1.96 bits per heavy atom. The quantitative estimate of drug-likeness (QED) is 0.744. The van der Waals surface area contributed by atoms with Gasteiger partial charge in [-0.2, -0.15) is 0 Å². The third-order valence-corrected chi connectivity index (χ3v) is 3.80. The van der Waals surface area contributed by atoms with Crippen LogP contribution in [0.25, 0.3) is 0 Å². The summed E-state index contributed by atoms with van der Waals surface area (Å²) in [7, 11) is 0. The van der Waals surface area contributed by atoms with E-state index in [4.69, 9.17) is 4.74 Å². The number of carbonyl (C=O) groups is 1. The van der Waals surface area contributed by atoms with Crippen molar-refractivity contribution in [1.29, 1.82) is 0 Å². The van der Waals surface area contributed by atoms with E-state index in [0.717, 1.165) is 34.6 Å². The molecule has 126 valence electrons. The number of amides is 1. The van der Waals surface area contributed by atoms with Gasteiger partial charge >= 0.3 is 0 Å². The molecule has 3 nitrogen and oxygen atoms in total. The number of hydrogen-bond acceptors (Lipinski definition) is 2. The zero-order valence-electron chi connectivity index (χ0n) is 14.8. The number of aryl methyl sites for hydroxylation is 2. The topological polar surface area (TPSA) is 38.3 Å². The maximum absolute atomic E-state index is 12.1. The van der Waals surface area contributed by atoms with Gasteiger partial charge in [0.25, 0.3) is 5.91 Å². The molecule has 0 fully saturated rings. The molecule has 3 heteroatoms. The predicted molar refractivity (Wildman–Crippen MR) is 99.4 cm³/mol. The summed E-state index contributed by atoms with van der Waals surface area (Å²) in [4.78, 5) is 12.1. The van der Waals surface area contributed by atoms with Crippen molar-refractivity contribution in [3.63, 3.8) is 0 Å². The van der Waals surface area contributed by atoms with Gasteiger partial charge in [-0.3, -0.25) is 4.79 Å². The predicted octanol–water partition coefficient (Wildman–Crippen LogP) is 5.18. The fourth-order valence-electron chi connectivity index (χ4n) is 2.45. The van der Waals surface area contributed by atoms with Crippen molar-refractivity contribution in [3.8, 4) is 5.75 Å². The monoisotopic (exact) mass is 323 g/mol. The number of ether oxygens (including phenoxy) is 1. The van der Waals surface area contributed by atoms with Crippen LogP contribution in [0.3, 0.4) is 0 Å². The van der Waals surface area contributed by atoms with Crippen molar-refractivity contribution in [1.82, 2.24) is 0 Å². The minimum absolute atomic E-state index is 0.0617. The number of benzene rings is 2. The Hall–Kier alpha value is -2.55. The van der Waals surface area contributed by atoms with Gasteiger partial charge in [0.05, 0.1) is 0 Å². The highest BCUT2D eigenvalue weighted by molar-refractivity contribution is 6.03. The Labute approximate surface area is 144 Å². The zero-order chi connectivity index (χ0) is 17.5. The van der Waals surface area contributed by atoms with Crippen molar-refractivity contribution in [2.24, 2.45) is 0 Å². The summed E-state index contributed by atoms with van der Waals surface area (Å²) in [6, 6.07) is 14.0. The summed E-state index contributed by atoms with van der Waals surface area (Å²) in [6.45, 7) is 8.41. The lowest BCUT2D eigenvalue weighted by molar-refractivity contribution is -0.112. The van der Waals surface area contributed by atoms with Crippen LogP contribution < -0.4 is 10.1 Å². The summed E-state index contributed by atoms with van der Waals surface area (Å²) in [5, 5.41) is 2.94. The fourth-order valence-corrected chi connectivity index (χ4v) is 2.45. The van der Waals surface area contributed by atoms with Gasteiger partial charge in [0.15, 0.2) is 0 Å². The van der Waals surface area contributed by atoms with Crippen molar-refractivity contribution >= 4 is 11.6 Å². The van der Waals surface area contributed by atoms with Crippen molar-refractivity contribution in [2.45, 2.75) is 40.7 Å². The summed E-state index contributed by atoms with van der Waals surface area (Å²) in [5.41, 5.74) is 4.89. The van der Waals surface area contributed by atoms with Gasteiger partial charge < -0.3 is 10.1 Å². The number of rotatable bonds is 6. The summed E-state index contributed by atoms with van der Waals surface area (Å²) < 4.78 is 5.85. The average Bonchev–Trinajstić information content (AvgIpc) is 2.55. The molecule has 0 aliphatic carbocycles. The zero-order valence-corrected chi connectivity index (χ0v) is 14.8. The van der Waals surface area contributed by atoms with E-state index >= 15 is 0 Å². The second-order valence-electron chi connectivity index (χ2n) is 6.00. The van der Waals surface area contributed by atoms with Crippen LogP contribution in [0.5, 0.6) is 5.75 Å². The summed E-state index contributed by atoms with van der Waals surface area (Å²) in [5.74, 6) is 0.737. The van der Waals surface area contributed by atoms with Gasteiger partial charge in [0.1, 0.15) is 12.4 Å². The van der Waals surface area contributed by atoms with Gasteiger partial charge in [-0.1, -0.05) is 42.8 Å². The SMILES string of the molecule is CCC=C(C)C(=O)Nc1ccc(OCc2cccc(C)c2)cc1C. The molecule has 0 unspecified atom stereocenters. The highest BCUT2D eigenvalue weighted by Gasteiger charge is 2.07. The van der Waals surface area contributed by atoms with Crippen LogP contribution in [-0.2, 0) is 11.4 Å². The van der Waals surface area contributed by atoms with Gasteiger partial charge in [-0.15, -0.1) is 0 Å². The maximum atomic E-state index is 12.1. The molecular weight excluding hydrogens is 298 g/mol. The maximum Gasteiger partial charge on any atom is 0.250 e. The van der Waals surface area contributed by atoms with Crippen LogP contribution in [0, 0.1) is 13.8 Å². The molecular formula is C21H25NO2.